The van der Waals surface area contributed by atoms with Crippen molar-refractivity contribution in [2.45, 2.75) is 6.42 Å². The van der Waals surface area contributed by atoms with Gasteiger partial charge >= 0.3 is 0 Å². The fraction of sp³-hybridized carbons (Fsp3) is 0.111. The van der Waals surface area contributed by atoms with Crippen LogP contribution in [-0.4, -0.2) is 14.9 Å². The van der Waals surface area contributed by atoms with E-state index in [-0.39, 0.29) is 5.95 Å². The van der Waals surface area contributed by atoms with Crippen LogP contribution in [0.3, 0.4) is 0 Å². The first-order chi connectivity index (χ1) is 7.58. The SMILES string of the molecule is Nc1nnc(Cc2ccc(Cl)c(Cl)c2)n1N. The zero-order valence-corrected chi connectivity index (χ0v) is 9.70. The molecule has 5 nitrogen and oxygen atoms in total. The number of aromatic nitrogens is 3. The van der Waals surface area contributed by atoms with Crippen LogP contribution >= 0.6 is 23.2 Å². The fourth-order valence-corrected chi connectivity index (χ4v) is 1.61. The molecule has 0 atom stereocenters. The van der Waals surface area contributed by atoms with Crippen LogP contribution < -0.4 is 11.6 Å². The predicted octanol–water partition coefficient (Wildman–Crippen LogP) is 1.47. The maximum Gasteiger partial charge on any atom is 0.240 e. The van der Waals surface area contributed by atoms with Gasteiger partial charge in [0.05, 0.1) is 10.0 Å². The Morgan fingerprint density at radius 3 is 2.50 bits per heavy atom. The van der Waals surface area contributed by atoms with E-state index in [1.165, 1.54) is 4.68 Å². The summed E-state index contributed by atoms with van der Waals surface area (Å²) in [4.78, 5) is 0. The molecule has 0 amide bonds. The quantitative estimate of drug-likeness (QED) is 0.799. The molecular formula is C9H9Cl2N5. The normalized spacial score (nSPS) is 10.6. The highest BCUT2D eigenvalue weighted by Gasteiger charge is 2.08. The molecule has 1 aromatic carbocycles. The zero-order chi connectivity index (χ0) is 11.7. The number of anilines is 1. The zero-order valence-electron chi connectivity index (χ0n) is 8.19. The van der Waals surface area contributed by atoms with E-state index >= 15 is 0 Å². The lowest BCUT2D eigenvalue weighted by atomic mass is 10.1. The summed E-state index contributed by atoms with van der Waals surface area (Å²) in [6.07, 6.45) is 0.498. The van der Waals surface area contributed by atoms with Gasteiger partial charge in [-0.15, -0.1) is 10.2 Å². The largest absolute Gasteiger partial charge is 0.366 e. The average molecular weight is 258 g/mol. The van der Waals surface area contributed by atoms with Gasteiger partial charge in [-0.2, -0.15) is 0 Å². The Kier molecular flexibility index (Phi) is 2.89. The summed E-state index contributed by atoms with van der Waals surface area (Å²) in [6, 6.07) is 5.33. The third kappa shape index (κ3) is 2.05. The first kappa shape index (κ1) is 11.0. The molecule has 0 unspecified atom stereocenters. The van der Waals surface area contributed by atoms with E-state index in [1.807, 2.05) is 6.07 Å². The van der Waals surface area contributed by atoms with Crippen LogP contribution in [0.25, 0.3) is 0 Å². The Morgan fingerprint density at radius 1 is 1.19 bits per heavy atom. The maximum atomic E-state index is 5.89. The minimum absolute atomic E-state index is 0.176. The third-order valence-electron chi connectivity index (χ3n) is 2.14. The van der Waals surface area contributed by atoms with Gasteiger partial charge in [0.25, 0.3) is 0 Å². The number of rotatable bonds is 2. The van der Waals surface area contributed by atoms with Crippen molar-refractivity contribution < 1.29 is 0 Å². The molecule has 0 spiro atoms. The Balaban J connectivity index is 2.27. The summed E-state index contributed by atoms with van der Waals surface area (Å²) < 4.78 is 1.24. The molecule has 16 heavy (non-hydrogen) atoms. The summed E-state index contributed by atoms with van der Waals surface area (Å²) in [5.74, 6) is 6.37. The summed E-state index contributed by atoms with van der Waals surface area (Å²) >= 11 is 11.7. The van der Waals surface area contributed by atoms with Crippen molar-refractivity contribution in [3.05, 3.63) is 39.6 Å². The fourth-order valence-electron chi connectivity index (χ4n) is 1.29. The molecule has 0 bridgehead atoms. The molecule has 0 aliphatic rings. The van der Waals surface area contributed by atoms with Crippen LogP contribution in [0.15, 0.2) is 18.2 Å². The van der Waals surface area contributed by atoms with E-state index in [0.29, 0.717) is 22.3 Å². The van der Waals surface area contributed by atoms with Crippen LogP contribution in [0.2, 0.25) is 10.0 Å². The monoisotopic (exact) mass is 257 g/mol. The van der Waals surface area contributed by atoms with Crippen molar-refractivity contribution in [2.75, 3.05) is 11.6 Å². The van der Waals surface area contributed by atoms with Gasteiger partial charge in [-0.1, -0.05) is 29.3 Å². The van der Waals surface area contributed by atoms with Gasteiger partial charge in [0.1, 0.15) is 0 Å². The van der Waals surface area contributed by atoms with Crippen molar-refractivity contribution in [3.63, 3.8) is 0 Å². The molecule has 84 valence electrons. The number of nitrogens with zero attached hydrogens (tertiary/aromatic N) is 3. The van der Waals surface area contributed by atoms with Gasteiger partial charge in [-0.3, -0.25) is 0 Å². The number of hydrogen-bond donors (Lipinski definition) is 2. The summed E-state index contributed by atoms with van der Waals surface area (Å²) in [5.41, 5.74) is 6.40. The molecule has 0 saturated heterocycles. The van der Waals surface area contributed by atoms with E-state index in [1.54, 1.807) is 12.1 Å². The van der Waals surface area contributed by atoms with Gasteiger partial charge < -0.3 is 11.6 Å². The van der Waals surface area contributed by atoms with Gasteiger partial charge in [-0.25, -0.2) is 4.68 Å². The number of benzene rings is 1. The minimum atomic E-state index is 0.176. The molecule has 1 aromatic heterocycles. The molecule has 0 aliphatic carbocycles. The van der Waals surface area contributed by atoms with E-state index in [0.717, 1.165) is 5.56 Å². The smallest absolute Gasteiger partial charge is 0.240 e. The molecule has 2 aromatic rings. The number of nitrogen functional groups attached to an aromatic ring is 2. The lowest BCUT2D eigenvalue weighted by Crippen LogP contribution is -2.15. The van der Waals surface area contributed by atoms with E-state index in [4.69, 9.17) is 34.8 Å². The van der Waals surface area contributed by atoms with Gasteiger partial charge in [0.15, 0.2) is 5.82 Å². The molecule has 0 aliphatic heterocycles. The molecule has 1 heterocycles. The van der Waals surface area contributed by atoms with Crippen LogP contribution in [0, 0.1) is 0 Å². The molecule has 2 rings (SSSR count). The van der Waals surface area contributed by atoms with Crippen LogP contribution in [-0.2, 0) is 6.42 Å². The van der Waals surface area contributed by atoms with Crippen LogP contribution in [0.5, 0.6) is 0 Å². The summed E-state index contributed by atoms with van der Waals surface area (Å²) in [7, 11) is 0. The lowest BCUT2D eigenvalue weighted by Gasteiger charge is -2.03. The Labute approximate surface area is 102 Å². The predicted molar refractivity (Wildman–Crippen MR) is 63.9 cm³/mol. The molecule has 0 saturated carbocycles. The Hall–Kier alpha value is -1.46. The van der Waals surface area contributed by atoms with E-state index < -0.39 is 0 Å². The third-order valence-corrected chi connectivity index (χ3v) is 2.88. The highest BCUT2D eigenvalue weighted by atomic mass is 35.5. The van der Waals surface area contributed by atoms with E-state index in [9.17, 15) is 0 Å². The number of nitrogens with two attached hydrogens (primary N) is 2. The van der Waals surface area contributed by atoms with Crippen molar-refractivity contribution in [3.8, 4) is 0 Å². The highest BCUT2D eigenvalue weighted by molar-refractivity contribution is 6.42. The van der Waals surface area contributed by atoms with Crippen LogP contribution in [0.4, 0.5) is 5.95 Å². The number of hydrogen-bond acceptors (Lipinski definition) is 4. The molecule has 0 fully saturated rings. The van der Waals surface area contributed by atoms with Crippen molar-refractivity contribution in [2.24, 2.45) is 0 Å². The standard InChI is InChI=1S/C9H9Cl2N5/c10-6-2-1-5(3-7(6)11)4-8-14-15-9(12)16(8)13/h1-3H,4,13H2,(H2,12,15). The number of halogens is 2. The second kappa shape index (κ2) is 4.19. The second-order valence-corrected chi connectivity index (χ2v) is 4.08. The molecule has 0 radical (unpaired) electrons. The van der Waals surface area contributed by atoms with Crippen molar-refractivity contribution in [1.82, 2.24) is 14.9 Å². The van der Waals surface area contributed by atoms with Crippen molar-refractivity contribution in [1.29, 1.82) is 0 Å². The van der Waals surface area contributed by atoms with Gasteiger partial charge in [0.2, 0.25) is 5.95 Å². The average Bonchev–Trinajstić information content (AvgIpc) is 2.55. The minimum Gasteiger partial charge on any atom is -0.366 e. The molecule has 7 heteroatoms. The van der Waals surface area contributed by atoms with Gasteiger partial charge in [-0.05, 0) is 17.7 Å². The van der Waals surface area contributed by atoms with Crippen molar-refractivity contribution >= 4 is 29.2 Å². The lowest BCUT2D eigenvalue weighted by molar-refractivity contribution is 0.879. The summed E-state index contributed by atoms with van der Waals surface area (Å²) in [6.45, 7) is 0. The molecular weight excluding hydrogens is 249 g/mol. The van der Waals surface area contributed by atoms with E-state index in [2.05, 4.69) is 10.2 Å². The van der Waals surface area contributed by atoms with Gasteiger partial charge in [0, 0.05) is 6.42 Å². The Bertz CT molecular complexity index is 523. The highest BCUT2D eigenvalue weighted by Crippen LogP contribution is 2.23. The Morgan fingerprint density at radius 2 is 1.94 bits per heavy atom. The topological polar surface area (TPSA) is 82.8 Å². The first-order valence-electron chi connectivity index (χ1n) is 4.46. The van der Waals surface area contributed by atoms with Crippen LogP contribution in [0.1, 0.15) is 11.4 Å². The first-order valence-corrected chi connectivity index (χ1v) is 5.22. The maximum absolute atomic E-state index is 5.89. The summed E-state index contributed by atoms with van der Waals surface area (Å²) in [5, 5.41) is 8.52. The molecule has 4 N–H and O–H groups in total. The second-order valence-electron chi connectivity index (χ2n) is 3.27.